The molecule has 1 saturated carbocycles. The molecule has 3 rings (SSSR count). The first-order chi connectivity index (χ1) is 13.5. The molecular weight excluding hydrogens is 356 g/mol. The zero-order valence-corrected chi connectivity index (χ0v) is 16.6. The molecule has 1 aliphatic carbocycles. The first-order valence-corrected chi connectivity index (χ1v) is 10.3. The number of hydrogen-bond acceptors (Lipinski definition) is 3. The summed E-state index contributed by atoms with van der Waals surface area (Å²) in [6.07, 6.45) is 6.71. The standard InChI is InChI=1S/C21H30N4O3/c1-15-9-10-17(14-18(15)24-20(27)16-6-2-3-7-16)23-21(28)22-11-13-25-12-5-4-8-19(25)26/h9-10,14,16H,2-8,11-13H2,1H3,(H,24,27)(H2,22,23,28). The maximum atomic E-state index is 12.4. The monoisotopic (exact) mass is 386 g/mol. The van der Waals surface area contributed by atoms with E-state index in [1.165, 1.54) is 0 Å². The van der Waals surface area contributed by atoms with E-state index in [1.807, 2.05) is 19.1 Å². The van der Waals surface area contributed by atoms with Crippen molar-refractivity contribution in [3.8, 4) is 0 Å². The molecule has 4 amide bonds. The highest BCUT2D eigenvalue weighted by Crippen LogP contribution is 2.27. The Morgan fingerprint density at radius 1 is 1.11 bits per heavy atom. The molecule has 0 aromatic heterocycles. The van der Waals surface area contributed by atoms with Crippen molar-refractivity contribution in [2.45, 2.75) is 51.9 Å². The molecule has 1 aromatic carbocycles. The number of benzene rings is 1. The number of likely N-dealkylation sites (tertiary alicyclic amines) is 1. The number of rotatable bonds is 6. The minimum atomic E-state index is -0.318. The summed E-state index contributed by atoms with van der Waals surface area (Å²) >= 11 is 0. The van der Waals surface area contributed by atoms with Crippen LogP contribution in [0.25, 0.3) is 0 Å². The summed E-state index contributed by atoms with van der Waals surface area (Å²) in [5, 5.41) is 8.59. The van der Waals surface area contributed by atoms with Gasteiger partial charge in [-0.15, -0.1) is 0 Å². The molecule has 0 spiro atoms. The second-order valence-electron chi connectivity index (χ2n) is 7.72. The summed E-state index contributed by atoms with van der Waals surface area (Å²) < 4.78 is 0. The summed E-state index contributed by atoms with van der Waals surface area (Å²) in [6, 6.07) is 5.16. The van der Waals surface area contributed by atoms with Crippen LogP contribution in [0.15, 0.2) is 18.2 Å². The molecule has 28 heavy (non-hydrogen) atoms. The number of carbonyl (C=O) groups is 3. The Hall–Kier alpha value is -2.57. The Kier molecular flexibility index (Phi) is 6.90. The minimum absolute atomic E-state index is 0.0633. The maximum absolute atomic E-state index is 12.4. The summed E-state index contributed by atoms with van der Waals surface area (Å²) in [7, 11) is 0. The molecule has 1 aliphatic heterocycles. The van der Waals surface area contributed by atoms with Crippen molar-refractivity contribution in [2.24, 2.45) is 5.92 Å². The number of nitrogens with zero attached hydrogens (tertiary/aromatic N) is 1. The molecule has 3 N–H and O–H groups in total. The quantitative estimate of drug-likeness (QED) is 0.701. The molecule has 1 heterocycles. The number of piperidine rings is 1. The van der Waals surface area contributed by atoms with Crippen LogP contribution in [0.5, 0.6) is 0 Å². The highest BCUT2D eigenvalue weighted by atomic mass is 16.2. The Morgan fingerprint density at radius 2 is 1.89 bits per heavy atom. The first kappa shape index (κ1) is 20.2. The lowest BCUT2D eigenvalue weighted by Crippen LogP contribution is -2.41. The van der Waals surface area contributed by atoms with Crippen LogP contribution in [-0.2, 0) is 9.59 Å². The van der Waals surface area contributed by atoms with Gasteiger partial charge in [0.1, 0.15) is 0 Å². The Labute approximate surface area is 166 Å². The molecule has 0 atom stereocenters. The van der Waals surface area contributed by atoms with Gasteiger partial charge in [0.2, 0.25) is 11.8 Å². The van der Waals surface area contributed by atoms with Crippen LogP contribution in [0.4, 0.5) is 16.2 Å². The predicted molar refractivity (Wildman–Crippen MR) is 109 cm³/mol. The fourth-order valence-corrected chi connectivity index (χ4v) is 3.84. The van der Waals surface area contributed by atoms with Gasteiger partial charge in [-0.2, -0.15) is 0 Å². The summed E-state index contributed by atoms with van der Waals surface area (Å²) in [5.74, 6) is 0.319. The lowest BCUT2D eigenvalue weighted by Gasteiger charge is -2.26. The average molecular weight is 386 g/mol. The minimum Gasteiger partial charge on any atom is -0.341 e. The molecule has 1 aromatic rings. The van der Waals surface area contributed by atoms with Crippen LogP contribution in [0, 0.1) is 12.8 Å². The fourth-order valence-electron chi connectivity index (χ4n) is 3.84. The van der Waals surface area contributed by atoms with Crippen LogP contribution in [0.1, 0.15) is 50.5 Å². The highest BCUT2D eigenvalue weighted by Gasteiger charge is 2.23. The van der Waals surface area contributed by atoms with Crippen LogP contribution in [-0.4, -0.2) is 42.4 Å². The molecule has 2 fully saturated rings. The number of amides is 4. The van der Waals surface area contributed by atoms with Crippen molar-refractivity contribution in [1.29, 1.82) is 0 Å². The van der Waals surface area contributed by atoms with E-state index in [1.54, 1.807) is 11.0 Å². The summed E-state index contributed by atoms with van der Waals surface area (Å²) in [5.41, 5.74) is 2.31. The third-order valence-electron chi connectivity index (χ3n) is 5.57. The van der Waals surface area contributed by atoms with Crippen LogP contribution >= 0.6 is 0 Å². The van der Waals surface area contributed by atoms with E-state index < -0.39 is 0 Å². The maximum Gasteiger partial charge on any atom is 0.319 e. The van der Waals surface area contributed by atoms with Crippen molar-refractivity contribution in [3.63, 3.8) is 0 Å². The second-order valence-corrected chi connectivity index (χ2v) is 7.72. The van der Waals surface area contributed by atoms with Crippen molar-refractivity contribution in [3.05, 3.63) is 23.8 Å². The average Bonchev–Trinajstić information content (AvgIpc) is 3.21. The number of aryl methyl sites for hydroxylation is 1. The molecule has 0 bridgehead atoms. The van der Waals surface area contributed by atoms with Crippen molar-refractivity contribution in [2.75, 3.05) is 30.3 Å². The lowest BCUT2D eigenvalue weighted by molar-refractivity contribution is -0.133. The Morgan fingerprint density at radius 3 is 2.64 bits per heavy atom. The fraction of sp³-hybridized carbons (Fsp3) is 0.571. The van der Waals surface area contributed by atoms with Crippen molar-refractivity contribution in [1.82, 2.24) is 10.2 Å². The smallest absolute Gasteiger partial charge is 0.319 e. The van der Waals surface area contributed by atoms with E-state index in [9.17, 15) is 14.4 Å². The molecule has 1 saturated heterocycles. The van der Waals surface area contributed by atoms with E-state index in [0.717, 1.165) is 56.3 Å². The zero-order valence-electron chi connectivity index (χ0n) is 16.6. The van der Waals surface area contributed by atoms with Gasteiger partial charge in [0.05, 0.1) is 0 Å². The van der Waals surface area contributed by atoms with Gasteiger partial charge in [-0.05, 0) is 50.3 Å². The second kappa shape index (κ2) is 9.57. The van der Waals surface area contributed by atoms with E-state index in [-0.39, 0.29) is 23.8 Å². The third kappa shape index (κ3) is 5.47. The summed E-state index contributed by atoms with van der Waals surface area (Å²) in [4.78, 5) is 38.1. The van der Waals surface area contributed by atoms with Gasteiger partial charge in [-0.3, -0.25) is 9.59 Å². The van der Waals surface area contributed by atoms with Gasteiger partial charge in [0.25, 0.3) is 0 Å². The molecule has 0 unspecified atom stereocenters. The van der Waals surface area contributed by atoms with Gasteiger partial charge in [-0.25, -0.2) is 4.79 Å². The Balaban J connectivity index is 1.48. The summed E-state index contributed by atoms with van der Waals surface area (Å²) in [6.45, 7) is 3.64. The number of carbonyl (C=O) groups excluding carboxylic acids is 3. The van der Waals surface area contributed by atoms with Crippen molar-refractivity contribution >= 4 is 29.2 Å². The van der Waals surface area contributed by atoms with Gasteiger partial charge < -0.3 is 20.9 Å². The number of anilines is 2. The van der Waals surface area contributed by atoms with Crippen LogP contribution in [0.3, 0.4) is 0 Å². The molecular formula is C21H30N4O3. The number of nitrogens with one attached hydrogen (secondary N) is 3. The highest BCUT2D eigenvalue weighted by molar-refractivity contribution is 5.95. The van der Waals surface area contributed by atoms with Crippen LogP contribution < -0.4 is 16.0 Å². The molecule has 7 heteroatoms. The third-order valence-corrected chi connectivity index (χ3v) is 5.57. The SMILES string of the molecule is Cc1ccc(NC(=O)NCCN2CCCCC2=O)cc1NC(=O)C1CCCC1. The van der Waals surface area contributed by atoms with Gasteiger partial charge in [-0.1, -0.05) is 18.9 Å². The first-order valence-electron chi connectivity index (χ1n) is 10.3. The normalized spacial score (nSPS) is 17.5. The van der Waals surface area contributed by atoms with Crippen LogP contribution in [0.2, 0.25) is 0 Å². The van der Waals surface area contributed by atoms with E-state index in [0.29, 0.717) is 25.2 Å². The van der Waals surface area contributed by atoms with Crippen molar-refractivity contribution < 1.29 is 14.4 Å². The molecule has 2 aliphatic rings. The largest absolute Gasteiger partial charge is 0.341 e. The predicted octanol–water partition coefficient (Wildman–Crippen LogP) is 3.26. The van der Waals surface area contributed by atoms with E-state index in [2.05, 4.69) is 16.0 Å². The topological polar surface area (TPSA) is 90.5 Å². The Bertz CT molecular complexity index is 728. The number of hydrogen-bond donors (Lipinski definition) is 3. The molecule has 152 valence electrons. The zero-order chi connectivity index (χ0) is 19.9. The number of urea groups is 1. The molecule has 0 radical (unpaired) electrons. The van der Waals surface area contributed by atoms with Gasteiger partial charge in [0, 0.05) is 43.3 Å². The van der Waals surface area contributed by atoms with Gasteiger partial charge in [0.15, 0.2) is 0 Å². The lowest BCUT2D eigenvalue weighted by atomic mass is 10.1. The molecule has 7 nitrogen and oxygen atoms in total. The van der Waals surface area contributed by atoms with E-state index >= 15 is 0 Å². The van der Waals surface area contributed by atoms with E-state index in [4.69, 9.17) is 0 Å². The van der Waals surface area contributed by atoms with Gasteiger partial charge >= 0.3 is 6.03 Å².